The molecule has 0 N–H and O–H groups in total. The Labute approximate surface area is 87.1 Å². The number of hydrogen-bond donors (Lipinski definition) is 0. The van der Waals surface area contributed by atoms with Gasteiger partial charge in [-0.2, -0.15) is 0 Å². The molecule has 0 heterocycles. The summed E-state index contributed by atoms with van der Waals surface area (Å²) in [5.74, 6) is 0.981. The molecular formula is C13H20O. The van der Waals surface area contributed by atoms with Crippen molar-refractivity contribution in [2.75, 3.05) is 6.61 Å². The van der Waals surface area contributed by atoms with Gasteiger partial charge in [0.05, 0.1) is 6.61 Å². The van der Waals surface area contributed by atoms with Gasteiger partial charge in [0.1, 0.15) is 5.75 Å². The van der Waals surface area contributed by atoms with E-state index in [1.165, 1.54) is 5.56 Å². The Bertz CT molecular complexity index is 284. The largest absolute Gasteiger partial charge is 0.494 e. The van der Waals surface area contributed by atoms with Gasteiger partial charge >= 0.3 is 0 Å². The molecule has 0 radical (unpaired) electrons. The summed E-state index contributed by atoms with van der Waals surface area (Å²) in [6.07, 6.45) is 1.09. The Kier molecular flexibility index (Phi) is 3.56. The average molecular weight is 192 g/mol. The maximum Gasteiger partial charge on any atom is 0.119 e. The normalized spacial score (nSPS) is 11.4. The molecule has 0 saturated heterocycles. The lowest BCUT2D eigenvalue weighted by Crippen LogP contribution is -2.09. The Morgan fingerprint density at radius 2 is 1.93 bits per heavy atom. The van der Waals surface area contributed by atoms with Crippen molar-refractivity contribution in [3.63, 3.8) is 0 Å². The van der Waals surface area contributed by atoms with E-state index < -0.39 is 0 Å². The zero-order valence-corrected chi connectivity index (χ0v) is 9.63. The van der Waals surface area contributed by atoms with Gasteiger partial charge in [0.2, 0.25) is 0 Å². The summed E-state index contributed by atoms with van der Waals surface area (Å²) in [6.45, 7) is 9.50. The fraction of sp³-hybridized carbons (Fsp3) is 0.538. The minimum Gasteiger partial charge on any atom is -0.494 e. The van der Waals surface area contributed by atoms with Gasteiger partial charge in [-0.15, -0.1) is 0 Å². The van der Waals surface area contributed by atoms with Crippen molar-refractivity contribution in [1.29, 1.82) is 0 Å². The third-order valence-electron chi connectivity index (χ3n) is 1.94. The highest BCUT2D eigenvalue weighted by Crippen LogP contribution is 2.23. The molecule has 1 heteroatoms. The van der Waals surface area contributed by atoms with Crippen molar-refractivity contribution >= 4 is 0 Å². The zero-order valence-electron chi connectivity index (χ0n) is 9.63. The first kappa shape index (κ1) is 11.1. The minimum atomic E-state index is 0.338. The molecule has 0 unspecified atom stereocenters. The molecular weight excluding hydrogens is 172 g/mol. The predicted octanol–water partition coefficient (Wildman–Crippen LogP) is 3.67. The molecule has 14 heavy (non-hydrogen) atoms. The number of ether oxygens (including phenoxy) is 1. The summed E-state index contributed by atoms with van der Waals surface area (Å²) in [7, 11) is 0. The minimum absolute atomic E-state index is 0.338. The molecule has 0 spiro atoms. The van der Waals surface area contributed by atoms with Crippen molar-refractivity contribution in [3.05, 3.63) is 29.8 Å². The third kappa shape index (κ3) is 3.82. The van der Waals surface area contributed by atoms with Crippen LogP contribution in [0.1, 0.15) is 33.3 Å². The monoisotopic (exact) mass is 192 g/mol. The van der Waals surface area contributed by atoms with Crippen molar-refractivity contribution in [2.45, 2.75) is 34.1 Å². The Balaban J connectivity index is 2.73. The van der Waals surface area contributed by atoms with Gasteiger partial charge < -0.3 is 4.74 Å². The van der Waals surface area contributed by atoms with E-state index in [2.05, 4.69) is 39.0 Å². The highest BCUT2D eigenvalue weighted by Gasteiger charge is 2.11. The fourth-order valence-corrected chi connectivity index (χ4v) is 1.52. The second-order valence-electron chi connectivity index (χ2n) is 4.82. The molecule has 0 saturated carbocycles. The maximum absolute atomic E-state index is 5.46. The zero-order chi connectivity index (χ0) is 10.6. The van der Waals surface area contributed by atoms with Gasteiger partial charge in [-0.1, -0.05) is 32.9 Å². The highest BCUT2D eigenvalue weighted by molar-refractivity contribution is 5.29. The SMILES string of the molecule is CCOc1cccc(CC(C)(C)C)c1. The standard InChI is InChI=1S/C13H20O/c1-5-14-12-8-6-7-11(9-12)10-13(2,3)4/h6-9H,5,10H2,1-4H3. The summed E-state index contributed by atoms with van der Waals surface area (Å²) in [5, 5.41) is 0. The van der Waals surface area contributed by atoms with E-state index in [9.17, 15) is 0 Å². The first-order valence-corrected chi connectivity index (χ1v) is 5.23. The van der Waals surface area contributed by atoms with Crippen molar-refractivity contribution in [1.82, 2.24) is 0 Å². The number of hydrogen-bond acceptors (Lipinski definition) is 1. The topological polar surface area (TPSA) is 9.23 Å². The van der Waals surface area contributed by atoms with Crippen LogP contribution in [0.5, 0.6) is 5.75 Å². The molecule has 0 amide bonds. The molecule has 1 rings (SSSR count). The Morgan fingerprint density at radius 1 is 1.21 bits per heavy atom. The van der Waals surface area contributed by atoms with Gasteiger partial charge in [-0.3, -0.25) is 0 Å². The van der Waals surface area contributed by atoms with E-state index in [4.69, 9.17) is 4.74 Å². The lowest BCUT2D eigenvalue weighted by atomic mass is 9.88. The van der Waals surface area contributed by atoms with Crippen LogP contribution in [-0.4, -0.2) is 6.61 Å². The molecule has 0 aromatic heterocycles. The van der Waals surface area contributed by atoms with Crippen LogP contribution in [0, 0.1) is 5.41 Å². The van der Waals surface area contributed by atoms with Crippen LogP contribution in [0.2, 0.25) is 0 Å². The average Bonchev–Trinajstić information content (AvgIpc) is 2.02. The van der Waals surface area contributed by atoms with Gasteiger partial charge in [-0.25, -0.2) is 0 Å². The number of rotatable bonds is 3. The second-order valence-corrected chi connectivity index (χ2v) is 4.82. The second kappa shape index (κ2) is 4.50. The van der Waals surface area contributed by atoms with E-state index in [0.29, 0.717) is 5.41 Å². The highest BCUT2D eigenvalue weighted by atomic mass is 16.5. The lowest BCUT2D eigenvalue weighted by Gasteiger charge is -2.18. The molecule has 1 nitrogen and oxygen atoms in total. The van der Waals surface area contributed by atoms with Crippen LogP contribution in [0.3, 0.4) is 0 Å². The molecule has 78 valence electrons. The summed E-state index contributed by atoms with van der Waals surface area (Å²) in [5.41, 5.74) is 1.69. The van der Waals surface area contributed by atoms with Crippen molar-refractivity contribution in [3.8, 4) is 5.75 Å². The Hall–Kier alpha value is -0.980. The molecule has 0 bridgehead atoms. The molecule has 1 aromatic carbocycles. The molecule has 0 fully saturated rings. The molecule has 0 aliphatic rings. The summed E-state index contributed by atoms with van der Waals surface area (Å²) < 4.78 is 5.46. The first-order chi connectivity index (χ1) is 6.51. The van der Waals surface area contributed by atoms with Crippen LogP contribution in [0.25, 0.3) is 0 Å². The van der Waals surface area contributed by atoms with Crippen LogP contribution < -0.4 is 4.74 Å². The van der Waals surface area contributed by atoms with Gasteiger partial charge in [0.25, 0.3) is 0 Å². The van der Waals surface area contributed by atoms with Crippen LogP contribution in [0.4, 0.5) is 0 Å². The molecule has 1 aromatic rings. The molecule has 0 aliphatic heterocycles. The van der Waals surface area contributed by atoms with E-state index in [-0.39, 0.29) is 0 Å². The van der Waals surface area contributed by atoms with E-state index in [1.54, 1.807) is 0 Å². The van der Waals surface area contributed by atoms with Gasteiger partial charge in [-0.05, 0) is 36.5 Å². The van der Waals surface area contributed by atoms with Crippen LogP contribution in [-0.2, 0) is 6.42 Å². The summed E-state index contributed by atoms with van der Waals surface area (Å²) in [6, 6.07) is 8.37. The fourth-order valence-electron chi connectivity index (χ4n) is 1.52. The quantitative estimate of drug-likeness (QED) is 0.710. The summed E-state index contributed by atoms with van der Waals surface area (Å²) >= 11 is 0. The predicted molar refractivity (Wildman–Crippen MR) is 60.8 cm³/mol. The van der Waals surface area contributed by atoms with E-state index in [1.807, 2.05) is 13.0 Å². The van der Waals surface area contributed by atoms with Crippen molar-refractivity contribution < 1.29 is 4.74 Å². The first-order valence-electron chi connectivity index (χ1n) is 5.23. The van der Waals surface area contributed by atoms with E-state index in [0.717, 1.165) is 18.8 Å². The summed E-state index contributed by atoms with van der Waals surface area (Å²) in [4.78, 5) is 0. The maximum atomic E-state index is 5.46. The smallest absolute Gasteiger partial charge is 0.119 e. The number of benzene rings is 1. The van der Waals surface area contributed by atoms with Crippen LogP contribution in [0.15, 0.2) is 24.3 Å². The third-order valence-corrected chi connectivity index (χ3v) is 1.94. The molecule has 0 atom stereocenters. The van der Waals surface area contributed by atoms with Gasteiger partial charge in [0.15, 0.2) is 0 Å². The Morgan fingerprint density at radius 3 is 2.50 bits per heavy atom. The van der Waals surface area contributed by atoms with E-state index >= 15 is 0 Å². The lowest BCUT2D eigenvalue weighted by molar-refractivity contribution is 0.339. The van der Waals surface area contributed by atoms with Crippen LogP contribution >= 0.6 is 0 Å². The van der Waals surface area contributed by atoms with Gasteiger partial charge in [0, 0.05) is 0 Å². The van der Waals surface area contributed by atoms with Crippen molar-refractivity contribution in [2.24, 2.45) is 5.41 Å². The molecule has 0 aliphatic carbocycles.